The normalized spacial score (nSPS) is 19.3. The summed E-state index contributed by atoms with van der Waals surface area (Å²) in [5, 5.41) is 11.3. The summed E-state index contributed by atoms with van der Waals surface area (Å²) in [5.41, 5.74) is 1.28. The summed E-state index contributed by atoms with van der Waals surface area (Å²) in [5.74, 6) is 0.0313. The van der Waals surface area contributed by atoms with Crippen molar-refractivity contribution in [3.63, 3.8) is 0 Å². The highest BCUT2D eigenvalue weighted by atomic mass is 32.2. The Bertz CT molecular complexity index is 944. The Morgan fingerprint density at radius 3 is 2.61 bits per heavy atom. The third-order valence-corrected chi connectivity index (χ3v) is 7.60. The van der Waals surface area contributed by atoms with Gasteiger partial charge in [0.1, 0.15) is 5.52 Å². The molecule has 1 saturated carbocycles. The summed E-state index contributed by atoms with van der Waals surface area (Å²) >= 11 is 0. The van der Waals surface area contributed by atoms with Crippen molar-refractivity contribution >= 4 is 27.0 Å². The Balaban J connectivity index is 1.42. The Morgan fingerprint density at radius 1 is 1.11 bits per heavy atom. The summed E-state index contributed by atoms with van der Waals surface area (Å²) in [4.78, 5) is 12.5. The van der Waals surface area contributed by atoms with Crippen molar-refractivity contribution in [3.05, 3.63) is 18.2 Å². The van der Waals surface area contributed by atoms with Gasteiger partial charge in [0.2, 0.25) is 15.9 Å². The lowest BCUT2D eigenvalue weighted by molar-refractivity contribution is -0.122. The maximum absolute atomic E-state index is 12.7. The summed E-state index contributed by atoms with van der Waals surface area (Å²) in [6, 6.07) is 5.22. The van der Waals surface area contributed by atoms with Gasteiger partial charge in [0.15, 0.2) is 0 Å². The molecule has 0 unspecified atom stereocenters. The van der Waals surface area contributed by atoms with Crippen molar-refractivity contribution in [3.8, 4) is 0 Å². The van der Waals surface area contributed by atoms with E-state index >= 15 is 0 Å². The van der Waals surface area contributed by atoms with Crippen LogP contribution in [-0.2, 0) is 21.4 Å². The Kier molecular flexibility index (Phi) is 5.63. The summed E-state index contributed by atoms with van der Waals surface area (Å²) in [6.07, 6.45) is 7.89. The second-order valence-electron chi connectivity index (χ2n) is 7.73. The second kappa shape index (κ2) is 8.16. The van der Waals surface area contributed by atoms with Crippen LogP contribution in [0, 0.1) is 0 Å². The van der Waals surface area contributed by atoms with Crippen molar-refractivity contribution < 1.29 is 13.2 Å². The number of aryl methyl sites for hydroxylation is 1. The molecule has 0 bridgehead atoms. The highest BCUT2D eigenvalue weighted by Crippen LogP contribution is 2.24. The molecule has 2 aromatic rings. The zero-order valence-corrected chi connectivity index (χ0v) is 16.8. The Labute approximate surface area is 165 Å². The van der Waals surface area contributed by atoms with Crippen molar-refractivity contribution in [2.45, 2.75) is 68.8 Å². The number of carbonyl (C=O) groups is 1. The number of benzene rings is 1. The quantitative estimate of drug-likeness (QED) is 0.793. The predicted molar refractivity (Wildman–Crippen MR) is 105 cm³/mol. The van der Waals surface area contributed by atoms with Gasteiger partial charge < -0.3 is 5.32 Å². The molecule has 152 valence electrons. The van der Waals surface area contributed by atoms with E-state index in [-0.39, 0.29) is 10.8 Å². The fraction of sp³-hybridized carbons (Fsp3) is 0.632. The lowest BCUT2D eigenvalue weighted by atomic mass is 9.95. The van der Waals surface area contributed by atoms with Gasteiger partial charge in [-0.05, 0) is 43.9 Å². The fourth-order valence-corrected chi connectivity index (χ4v) is 5.65. The SMILES string of the molecule is O=C(CCn1nnc2cc(S(=O)(=O)N3CCCC3)ccc21)NC1CCCCC1. The van der Waals surface area contributed by atoms with E-state index in [4.69, 9.17) is 0 Å². The lowest BCUT2D eigenvalue weighted by Gasteiger charge is -2.22. The predicted octanol–water partition coefficient (Wildman–Crippen LogP) is 2.05. The lowest BCUT2D eigenvalue weighted by Crippen LogP contribution is -2.36. The van der Waals surface area contributed by atoms with Crippen LogP contribution in [0.5, 0.6) is 0 Å². The monoisotopic (exact) mass is 405 g/mol. The number of hydrogen-bond donors (Lipinski definition) is 1. The van der Waals surface area contributed by atoms with Crippen LogP contribution in [0.4, 0.5) is 0 Å². The van der Waals surface area contributed by atoms with Crippen LogP contribution in [-0.4, -0.2) is 52.8 Å². The largest absolute Gasteiger partial charge is 0.353 e. The van der Waals surface area contributed by atoms with Gasteiger partial charge in [-0.15, -0.1) is 5.10 Å². The van der Waals surface area contributed by atoms with Gasteiger partial charge in [0.05, 0.1) is 17.0 Å². The van der Waals surface area contributed by atoms with Gasteiger partial charge >= 0.3 is 0 Å². The molecule has 1 aromatic heterocycles. The van der Waals surface area contributed by atoms with Crippen LogP contribution in [0.1, 0.15) is 51.4 Å². The van der Waals surface area contributed by atoms with Gasteiger partial charge in [0.25, 0.3) is 0 Å². The molecule has 1 aliphatic carbocycles. The minimum absolute atomic E-state index is 0.0313. The molecule has 0 spiro atoms. The molecule has 4 rings (SSSR count). The van der Waals surface area contributed by atoms with Gasteiger partial charge in [-0.2, -0.15) is 4.31 Å². The maximum atomic E-state index is 12.7. The number of hydrogen-bond acceptors (Lipinski definition) is 5. The van der Waals surface area contributed by atoms with E-state index in [1.165, 1.54) is 23.6 Å². The first-order chi connectivity index (χ1) is 13.5. The summed E-state index contributed by atoms with van der Waals surface area (Å²) < 4.78 is 28.6. The minimum Gasteiger partial charge on any atom is -0.353 e. The van der Waals surface area contributed by atoms with Crippen LogP contribution >= 0.6 is 0 Å². The highest BCUT2D eigenvalue weighted by Gasteiger charge is 2.27. The molecular formula is C19H27N5O3S. The van der Waals surface area contributed by atoms with E-state index in [2.05, 4.69) is 15.6 Å². The molecule has 1 saturated heterocycles. The van der Waals surface area contributed by atoms with Crippen molar-refractivity contribution in [2.75, 3.05) is 13.1 Å². The van der Waals surface area contributed by atoms with Gasteiger partial charge in [-0.25, -0.2) is 13.1 Å². The number of rotatable bonds is 6. The molecule has 1 N–H and O–H groups in total. The molecule has 2 aliphatic rings. The number of fused-ring (bicyclic) bond motifs is 1. The molecular weight excluding hydrogens is 378 g/mol. The molecule has 28 heavy (non-hydrogen) atoms. The van der Waals surface area contributed by atoms with Gasteiger partial charge in [-0.1, -0.05) is 24.5 Å². The number of carbonyl (C=O) groups excluding carboxylic acids is 1. The number of amides is 1. The van der Waals surface area contributed by atoms with Crippen LogP contribution in [0.2, 0.25) is 0 Å². The van der Waals surface area contributed by atoms with Gasteiger partial charge in [-0.3, -0.25) is 4.79 Å². The molecule has 1 aliphatic heterocycles. The zero-order chi connectivity index (χ0) is 19.6. The average molecular weight is 406 g/mol. The topological polar surface area (TPSA) is 97.2 Å². The van der Waals surface area contributed by atoms with Crippen molar-refractivity contribution in [2.24, 2.45) is 0 Å². The third kappa shape index (κ3) is 4.05. The maximum Gasteiger partial charge on any atom is 0.243 e. The van der Waals surface area contributed by atoms with E-state index in [0.29, 0.717) is 37.6 Å². The first kappa shape index (κ1) is 19.3. The van der Waals surface area contributed by atoms with Crippen LogP contribution in [0.25, 0.3) is 11.0 Å². The number of nitrogens with zero attached hydrogens (tertiary/aromatic N) is 4. The van der Waals surface area contributed by atoms with E-state index in [1.54, 1.807) is 22.9 Å². The van der Waals surface area contributed by atoms with Crippen molar-refractivity contribution in [1.82, 2.24) is 24.6 Å². The molecule has 1 aromatic carbocycles. The standard InChI is InChI=1S/C19H27N5O3S/c25-19(20-15-6-2-1-3-7-15)10-13-24-18-9-8-16(14-17(18)21-22-24)28(26,27)23-11-4-5-12-23/h8-9,14-15H,1-7,10-13H2,(H,20,25). The second-order valence-corrected chi connectivity index (χ2v) is 9.66. The van der Waals surface area contributed by atoms with Crippen molar-refractivity contribution in [1.29, 1.82) is 0 Å². The fourth-order valence-electron chi connectivity index (χ4n) is 4.11. The first-order valence-corrected chi connectivity index (χ1v) is 11.6. The molecule has 0 radical (unpaired) electrons. The Hall–Kier alpha value is -2.00. The van der Waals surface area contributed by atoms with Gasteiger partial charge in [0, 0.05) is 25.6 Å². The first-order valence-electron chi connectivity index (χ1n) is 10.2. The Morgan fingerprint density at radius 2 is 1.86 bits per heavy atom. The van der Waals surface area contributed by atoms with E-state index in [0.717, 1.165) is 31.2 Å². The third-order valence-electron chi connectivity index (χ3n) is 5.71. The summed E-state index contributed by atoms with van der Waals surface area (Å²) in [6.45, 7) is 1.57. The van der Waals surface area contributed by atoms with Crippen LogP contribution in [0.3, 0.4) is 0 Å². The van der Waals surface area contributed by atoms with E-state index < -0.39 is 10.0 Å². The number of aromatic nitrogens is 3. The van der Waals surface area contributed by atoms with E-state index in [1.807, 2.05) is 0 Å². The minimum atomic E-state index is -3.47. The number of nitrogens with one attached hydrogen (secondary N) is 1. The average Bonchev–Trinajstić information content (AvgIpc) is 3.37. The molecule has 2 heterocycles. The molecule has 8 nitrogen and oxygen atoms in total. The molecule has 2 fully saturated rings. The summed E-state index contributed by atoms with van der Waals surface area (Å²) in [7, 11) is -3.47. The molecule has 1 amide bonds. The molecule has 0 atom stereocenters. The highest BCUT2D eigenvalue weighted by molar-refractivity contribution is 7.89. The van der Waals surface area contributed by atoms with E-state index in [9.17, 15) is 13.2 Å². The van der Waals surface area contributed by atoms with Crippen LogP contribution < -0.4 is 5.32 Å². The number of sulfonamides is 1. The molecule has 9 heteroatoms. The zero-order valence-electron chi connectivity index (χ0n) is 16.0. The van der Waals surface area contributed by atoms with Crippen LogP contribution in [0.15, 0.2) is 23.1 Å². The smallest absolute Gasteiger partial charge is 0.243 e.